The molecule has 0 aliphatic rings. The number of anilines is 1. The predicted molar refractivity (Wildman–Crippen MR) is 98.1 cm³/mol. The van der Waals surface area contributed by atoms with E-state index in [-0.39, 0.29) is 11.5 Å². The van der Waals surface area contributed by atoms with Crippen LogP contribution >= 0.6 is 11.8 Å². The average molecular weight is 375 g/mol. The highest BCUT2D eigenvalue weighted by atomic mass is 32.2. The van der Waals surface area contributed by atoms with E-state index in [2.05, 4.69) is 14.8 Å². The van der Waals surface area contributed by atoms with Crippen molar-refractivity contribution in [1.29, 1.82) is 0 Å². The number of carbonyl (C=O) groups is 2. The third-order valence-electron chi connectivity index (χ3n) is 3.37. The molecule has 2 aromatic rings. The quantitative estimate of drug-likeness (QED) is 0.452. The molecule has 0 bridgehead atoms. The fourth-order valence-electron chi connectivity index (χ4n) is 2.04. The molecule has 2 rings (SSSR count). The van der Waals surface area contributed by atoms with Crippen LogP contribution in [0.5, 0.6) is 0 Å². The van der Waals surface area contributed by atoms with Crippen LogP contribution in [-0.4, -0.2) is 26.2 Å². The lowest BCUT2D eigenvalue weighted by Gasteiger charge is -2.13. The van der Waals surface area contributed by atoms with Gasteiger partial charge < -0.3 is 14.8 Å². The van der Waals surface area contributed by atoms with E-state index in [1.54, 1.807) is 30.3 Å². The summed E-state index contributed by atoms with van der Waals surface area (Å²) in [7, 11) is 2.43. The van der Waals surface area contributed by atoms with Crippen molar-refractivity contribution in [2.75, 3.05) is 19.5 Å². The predicted octanol–water partition coefficient (Wildman–Crippen LogP) is 3.76. The summed E-state index contributed by atoms with van der Waals surface area (Å²) in [5.74, 6) is -1.25. The van der Waals surface area contributed by atoms with Gasteiger partial charge in [-0.2, -0.15) is 0 Å². The Morgan fingerprint density at radius 2 is 1.77 bits per heavy atom. The summed E-state index contributed by atoms with van der Waals surface area (Å²) >= 11 is 1.40. The van der Waals surface area contributed by atoms with E-state index in [1.165, 1.54) is 32.0 Å². The summed E-state index contributed by atoms with van der Waals surface area (Å²) in [5, 5.41) is 2.89. The van der Waals surface area contributed by atoms with Crippen molar-refractivity contribution in [2.45, 2.75) is 10.6 Å². The fourth-order valence-corrected chi connectivity index (χ4v) is 3.04. The van der Waals surface area contributed by atoms with E-state index in [9.17, 15) is 14.0 Å². The molecule has 0 amide bonds. The van der Waals surface area contributed by atoms with Crippen LogP contribution in [-0.2, 0) is 24.8 Å². The van der Waals surface area contributed by atoms with Crippen LogP contribution < -0.4 is 5.32 Å². The fraction of sp³-hybridized carbons (Fsp3) is 0.158. The first-order valence-electron chi connectivity index (χ1n) is 7.65. The van der Waals surface area contributed by atoms with Gasteiger partial charge in [0.15, 0.2) is 0 Å². The topological polar surface area (TPSA) is 64.6 Å². The maximum absolute atomic E-state index is 13.8. The zero-order chi connectivity index (χ0) is 18.9. The van der Waals surface area contributed by atoms with Gasteiger partial charge in [-0.25, -0.2) is 14.0 Å². The highest BCUT2D eigenvalue weighted by molar-refractivity contribution is 7.98. The summed E-state index contributed by atoms with van der Waals surface area (Å²) in [6, 6.07) is 13.7. The van der Waals surface area contributed by atoms with Crippen LogP contribution in [0.1, 0.15) is 5.56 Å². The van der Waals surface area contributed by atoms with Crippen molar-refractivity contribution in [3.63, 3.8) is 0 Å². The van der Waals surface area contributed by atoms with Gasteiger partial charge in [0.05, 0.1) is 26.0 Å². The van der Waals surface area contributed by atoms with Crippen LogP contribution in [0.4, 0.5) is 10.1 Å². The summed E-state index contributed by atoms with van der Waals surface area (Å²) in [4.78, 5) is 24.1. The van der Waals surface area contributed by atoms with Crippen LogP contribution in [0.15, 0.2) is 65.2 Å². The van der Waals surface area contributed by atoms with Crippen molar-refractivity contribution < 1.29 is 23.5 Å². The third kappa shape index (κ3) is 5.35. The number of para-hydroxylation sites is 1. The molecule has 0 saturated heterocycles. The maximum Gasteiger partial charge on any atom is 0.354 e. The number of carbonyl (C=O) groups excluding carboxylic acids is 2. The summed E-state index contributed by atoms with van der Waals surface area (Å²) in [6.45, 7) is 0. The Morgan fingerprint density at radius 3 is 2.46 bits per heavy atom. The first kappa shape index (κ1) is 19.5. The smallest absolute Gasteiger partial charge is 0.354 e. The second kappa shape index (κ2) is 9.62. The van der Waals surface area contributed by atoms with Gasteiger partial charge in [-0.3, -0.25) is 0 Å². The molecule has 2 aromatic carbocycles. The Bertz CT molecular complexity index is 823. The second-order valence-electron chi connectivity index (χ2n) is 5.07. The van der Waals surface area contributed by atoms with E-state index in [0.717, 1.165) is 11.0 Å². The molecule has 0 aromatic heterocycles. The molecular weight excluding hydrogens is 357 g/mol. The van der Waals surface area contributed by atoms with Gasteiger partial charge in [0.2, 0.25) is 0 Å². The molecule has 0 fully saturated rings. The minimum absolute atomic E-state index is 0.0571. The molecular formula is C19H18FNO4S. The first-order chi connectivity index (χ1) is 12.5. The summed E-state index contributed by atoms with van der Waals surface area (Å²) < 4.78 is 23.0. The first-order valence-corrected chi connectivity index (χ1v) is 8.64. The van der Waals surface area contributed by atoms with Gasteiger partial charge in [0.25, 0.3) is 0 Å². The lowest BCUT2D eigenvalue weighted by Crippen LogP contribution is -2.15. The second-order valence-corrected chi connectivity index (χ2v) is 6.09. The number of thioether (sulfide) groups is 1. The zero-order valence-electron chi connectivity index (χ0n) is 14.3. The van der Waals surface area contributed by atoms with Crippen LogP contribution in [0, 0.1) is 5.82 Å². The molecule has 7 heteroatoms. The van der Waals surface area contributed by atoms with Crippen molar-refractivity contribution in [3.8, 4) is 0 Å². The molecule has 26 heavy (non-hydrogen) atoms. The van der Waals surface area contributed by atoms with Crippen molar-refractivity contribution in [2.24, 2.45) is 0 Å². The normalized spacial score (nSPS) is 11.0. The van der Waals surface area contributed by atoms with E-state index >= 15 is 0 Å². The molecule has 136 valence electrons. The van der Waals surface area contributed by atoms with Crippen LogP contribution in [0.2, 0.25) is 0 Å². The molecule has 0 spiro atoms. The summed E-state index contributed by atoms with van der Waals surface area (Å²) in [5.41, 5.74) is 1.11. The molecule has 0 radical (unpaired) electrons. The molecule has 0 atom stereocenters. The SMILES string of the molecule is COC(=O)/C=C(/Nc1ccccc1SCc1ccccc1F)C(=O)OC. The van der Waals surface area contributed by atoms with E-state index in [4.69, 9.17) is 0 Å². The lowest BCUT2D eigenvalue weighted by molar-refractivity contribution is -0.138. The van der Waals surface area contributed by atoms with E-state index in [1.807, 2.05) is 12.1 Å². The van der Waals surface area contributed by atoms with Crippen LogP contribution in [0.3, 0.4) is 0 Å². The monoisotopic (exact) mass is 375 g/mol. The van der Waals surface area contributed by atoms with Gasteiger partial charge in [-0.15, -0.1) is 11.8 Å². The highest BCUT2D eigenvalue weighted by Crippen LogP contribution is 2.31. The molecule has 0 aliphatic heterocycles. The number of nitrogens with one attached hydrogen (secondary N) is 1. The molecule has 1 N–H and O–H groups in total. The minimum atomic E-state index is -0.704. The number of benzene rings is 2. The van der Waals surface area contributed by atoms with Crippen LogP contribution in [0.25, 0.3) is 0 Å². The summed E-state index contributed by atoms with van der Waals surface area (Å²) in [6.07, 6.45) is 1.02. The van der Waals surface area contributed by atoms with Gasteiger partial charge in [-0.1, -0.05) is 30.3 Å². The van der Waals surface area contributed by atoms with Crippen molar-refractivity contribution >= 4 is 29.4 Å². The number of rotatable bonds is 7. The van der Waals surface area contributed by atoms with Gasteiger partial charge >= 0.3 is 11.9 Å². The molecule has 0 heterocycles. The van der Waals surface area contributed by atoms with E-state index < -0.39 is 11.9 Å². The number of methoxy groups -OCH3 is 2. The Morgan fingerprint density at radius 1 is 1.08 bits per heavy atom. The Labute approximate surface area is 155 Å². The van der Waals surface area contributed by atoms with E-state index in [0.29, 0.717) is 17.0 Å². The number of hydrogen-bond donors (Lipinski definition) is 1. The Kier molecular flexibility index (Phi) is 7.23. The molecule has 0 aliphatic carbocycles. The highest BCUT2D eigenvalue weighted by Gasteiger charge is 2.15. The van der Waals surface area contributed by atoms with Crippen molar-refractivity contribution in [3.05, 3.63) is 71.7 Å². The number of ether oxygens (including phenoxy) is 2. The largest absolute Gasteiger partial charge is 0.466 e. The Balaban J connectivity index is 2.21. The standard InChI is InChI=1S/C19H18FNO4S/c1-24-18(22)11-16(19(23)25-2)21-15-9-5-6-10-17(15)26-12-13-7-3-4-8-14(13)20/h3-11,21H,12H2,1-2H3/b16-11+. The minimum Gasteiger partial charge on any atom is -0.466 e. The number of hydrogen-bond acceptors (Lipinski definition) is 6. The maximum atomic E-state index is 13.8. The molecule has 0 unspecified atom stereocenters. The number of halogens is 1. The Hall–Kier alpha value is -2.80. The van der Waals surface area contributed by atoms with Gasteiger partial charge in [-0.05, 0) is 23.8 Å². The van der Waals surface area contributed by atoms with Crippen molar-refractivity contribution in [1.82, 2.24) is 0 Å². The lowest BCUT2D eigenvalue weighted by atomic mass is 10.2. The molecule has 0 saturated carbocycles. The van der Waals surface area contributed by atoms with Gasteiger partial charge in [0, 0.05) is 10.6 Å². The van der Waals surface area contributed by atoms with Gasteiger partial charge in [0.1, 0.15) is 11.5 Å². The average Bonchev–Trinajstić information content (AvgIpc) is 2.67. The third-order valence-corrected chi connectivity index (χ3v) is 4.49. The molecule has 5 nitrogen and oxygen atoms in total. The number of esters is 2. The zero-order valence-corrected chi connectivity index (χ0v) is 15.1.